The van der Waals surface area contributed by atoms with Gasteiger partial charge in [0.25, 0.3) is 0 Å². The number of benzene rings is 2. The number of hydrogen-bond donors (Lipinski definition) is 1. The molecule has 3 heteroatoms. The smallest absolute Gasteiger partial charge is 0.130 e. The molecule has 110 valence electrons. The van der Waals surface area contributed by atoms with Gasteiger partial charge in [0, 0.05) is 18.2 Å². The molecule has 0 spiro atoms. The molecule has 1 atom stereocenters. The van der Waals surface area contributed by atoms with E-state index in [1.165, 1.54) is 42.2 Å². The average molecular weight is 287 g/mol. The molecule has 1 aliphatic rings. The molecule has 1 aliphatic carbocycles. The van der Waals surface area contributed by atoms with E-state index >= 15 is 0 Å². The van der Waals surface area contributed by atoms with Gasteiger partial charge >= 0.3 is 0 Å². The molecule has 0 aromatic heterocycles. The summed E-state index contributed by atoms with van der Waals surface area (Å²) in [6, 6.07) is 11.9. The van der Waals surface area contributed by atoms with E-state index in [-0.39, 0.29) is 11.6 Å². The third-order valence-electron chi connectivity index (χ3n) is 4.10. The van der Waals surface area contributed by atoms with Crippen LogP contribution in [0.15, 0.2) is 42.5 Å². The van der Waals surface area contributed by atoms with Gasteiger partial charge in [-0.1, -0.05) is 30.3 Å². The summed E-state index contributed by atoms with van der Waals surface area (Å²) < 4.78 is 27.5. The maximum absolute atomic E-state index is 13.8. The van der Waals surface area contributed by atoms with Crippen LogP contribution in [0.1, 0.15) is 48.4 Å². The summed E-state index contributed by atoms with van der Waals surface area (Å²) in [6.45, 7) is 2.42. The van der Waals surface area contributed by atoms with E-state index in [9.17, 15) is 8.78 Å². The number of nitrogens with one attached hydrogen (secondary N) is 1. The lowest BCUT2D eigenvalue weighted by atomic mass is 10.0. The summed E-state index contributed by atoms with van der Waals surface area (Å²) in [5, 5.41) is 3.24. The van der Waals surface area contributed by atoms with Crippen molar-refractivity contribution >= 4 is 0 Å². The fraction of sp³-hybridized carbons (Fsp3) is 0.333. The van der Waals surface area contributed by atoms with Crippen molar-refractivity contribution in [1.82, 2.24) is 5.32 Å². The SMILES string of the molecule is CC(NCc1ccccc1C1CC1)c1c(F)cccc1F. The van der Waals surface area contributed by atoms with Crippen LogP contribution in [0.4, 0.5) is 8.78 Å². The quantitative estimate of drug-likeness (QED) is 0.841. The van der Waals surface area contributed by atoms with Gasteiger partial charge in [0.1, 0.15) is 11.6 Å². The molecular formula is C18H19F2N. The zero-order valence-corrected chi connectivity index (χ0v) is 12.1. The number of rotatable bonds is 5. The molecule has 1 N–H and O–H groups in total. The van der Waals surface area contributed by atoms with Crippen LogP contribution < -0.4 is 5.32 Å². The highest BCUT2D eigenvalue weighted by molar-refractivity contribution is 5.33. The predicted molar refractivity (Wildman–Crippen MR) is 80.0 cm³/mol. The van der Waals surface area contributed by atoms with Gasteiger partial charge in [-0.25, -0.2) is 8.78 Å². The Bertz CT molecular complexity index is 615. The zero-order chi connectivity index (χ0) is 14.8. The highest BCUT2D eigenvalue weighted by atomic mass is 19.1. The Kier molecular flexibility index (Phi) is 4.02. The summed E-state index contributed by atoms with van der Waals surface area (Å²) >= 11 is 0. The van der Waals surface area contributed by atoms with Gasteiger partial charge in [0.15, 0.2) is 0 Å². The minimum Gasteiger partial charge on any atom is -0.306 e. The van der Waals surface area contributed by atoms with Crippen LogP contribution in [0, 0.1) is 11.6 Å². The molecule has 0 heterocycles. The molecule has 21 heavy (non-hydrogen) atoms. The lowest BCUT2D eigenvalue weighted by Crippen LogP contribution is -2.21. The van der Waals surface area contributed by atoms with Crippen molar-refractivity contribution in [1.29, 1.82) is 0 Å². The van der Waals surface area contributed by atoms with E-state index in [1.54, 1.807) is 6.92 Å². The minimum atomic E-state index is -0.495. The highest BCUT2D eigenvalue weighted by Gasteiger charge is 2.25. The molecule has 2 aromatic carbocycles. The third-order valence-corrected chi connectivity index (χ3v) is 4.10. The fourth-order valence-corrected chi connectivity index (χ4v) is 2.78. The first-order chi connectivity index (χ1) is 10.2. The fourth-order valence-electron chi connectivity index (χ4n) is 2.78. The first-order valence-corrected chi connectivity index (χ1v) is 7.42. The van der Waals surface area contributed by atoms with Gasteiger partial charge < -0.3 is 5.32 Å². The van der Waals surface area contributed by atoms with Crippen LogP contribution in [0.3, 0.4) is 0 Å². The van der Waals surface area contributed by atoms with Crippen molar-refractivity contribution in [3.05, 3.63) is 70.8 Å². The summed E-state index contributed by atoms with van der Waals surface area (Å²) in [5.41, 5.74) is 2.70. The normalized spacial score (nSPS) is 16.0. The molecule has 0 bridgehead atoms. The zero-order valence-electron chi connectivity index (χ0n) is 12.1. The molecule has 2 aromatic rings. The summed E-state index contributed by atoms with van der Waals surface area (Å²) in [6.07, 6.45) is 2.49. The Hall–Kier alpha value is -1.74. The van der Waals surface area contributed by atoms with Gasteiger partial charge in [-0.2, -0.15) is 0 Å². The molecule has 0 saturated heterocycles. The monoisotopic (exact) mass is 287 g/mol. The molecule has 0 radical (unpaired) electrons. The molecule has 3 rings (SSSR count). The lowest BCUT2D eigenvalue weighted by Gasteiger charge is -2.17. The third kappa shape index (κ3) is 3.13. The maximum atomic E-state index is 13.8. The average Bonchev–Trinajstić information content (AvgIpc) is 3.30. The molecule has 1 unspecified atom stereocenters. The van der Waals surface area contributed by atoms with E-state index in [4.69, 9.17) is 0 Å². The van der Waals surface area contributed by atoms with Crippen molar-refractivity contribution < 1.29 is 8.78 Å². The van der Waals surface area contributed by atoms with Crippen molar-refractivity contribution in [3.8, 4) is 0 Å². The van der Waals surface area contributed by atoms with Crippen molar-refractivity contribution in [2.24, 2.45) is 0 Å². The van der Waals surface area contributed by atoms with E-state index < -0.39 is 11.6 Å². The second kappa shape index (κ2) is 5.94. The van der Waals surface area contributed by atoms with Crippen LogP contribution in [0.5, 0.6) is 0 Å². The minimum absolute atomic E-state index is 0.112. The maximum Gasteiger partial charge on any atom is 0.130 e. The van der Waals surface area contributed by atoms with E-state index in [1.807, 2.05) is 6.07 Å². The molecular weight excluding hydrogens is 268 g/mol. The first kappa shape index (κ1) is 14.2. The Morgan fingerprint density at radius 3 is 2.38 bits per heavy atom. The van der Waals surface area contributed by atoms with Crippen LogP contribution in [-0.4, -0.2) is 0 Å². The standard InChI is InChI=1S/C18H19F2N/c1-12(18-16(19)7-4-8-17(18)20)21-11-14-5-2-3-6-15(14)13-9-10-13/h2-8,12-13,21H,9-11H2,1H3. The molecule has 0 amide bonds. The Morgan fingerprint density at radius 1 is 1.05 bits per heavy atom. The lowest BCUT2D eigenvalue weighted by molar-refractivity contribution is 0.487. The van der Waals surface area contributed by atoms with Crippen LogP contribution in [0.2, 0.25) is 0 Å². The van der Waals surface area contributed by atoms with E-state index in [2.05, 4.69) is 23.5 Å². The molecule has 0 aliphatic heterocycles. The molecule has 1 saturated carbocycles. The summed E-state index contributed by atoms with van der Waals surface area (Å²) in [4.78, 5) is 0. The van der Waals surface area contributed by atoms with E-state index in [0.29, 0.717) is 12.5 Å². The van der Waals surface area contributed by atoms with Gasteiger partial charge in [-0.3, -0.25) is 0 Å². The van der Waals surface area contributed by atoms with Gasteiger partial charge in [-0.05, 0) is 48.9 Å². The van der Waals surface area contributed by atoms with Gasteiger partial charge in [0.05, 0.1) is 0 Å². The van der Waals surface area contributed by atoms with Crippen LogP contribution in [0.25, 0.3) is 0 Å². The van der Waals surface area contributed by atoms with Gasteiger partial charge in [-0.15, -0.1) is 0 Å². The number of hydrogen-bond acceptors (Lipinski definition) is 1. The molecule has 1 nitrogen and oxygen atoms in total. The second-order valence-electron chi connectivity index (χ2n) is 5.71. The van der Waals surface area contributed by atoms with Gasteiger partial charge in [0.2, 0.25) is 0 Å². The summed E-state index contributed by atoms with van der Waals surface area (Å²) in [5.74, 6) is -0.320. The Balaban J connectivity index is 1.73. The Morgan fingerprint density at radius 2 is 1.71 bits per heavy atom. The predicted octanol–water partition coefficient (Wildman–Crippen LogP) is 4.69. The summed E-state index contributed by atoms with van der Waals surface area (Å²) in [7, 11) is 0. The Labute approximate surface area is 124 Å². The van der Waals surface area contributed by atoms with Crippen LogP contribution in [-0.2, 0) is 6.54 Å². The van der Waals surface area contributed by atoms with E-state index in [0.717, 1.165) is 0 Å². The molecule has 1 fully saturated rings. The number of halogens is 2. The van der Waals surface area contributed by atoms with Crippen molar-refractivity contribution in [3.63, 3.8) is 0 Å². The van der Waals surface area contributed by atoms with Crippen molar-refractivity contribution in [2.45, 2.75) is 38.3 Å². The van der Waals surface area contributed by atoms with Crippen LogP contribution >= 0.6 is 0 Å². The van der Waals surface area contributed by atoms with Crippen molar-refractivity contribution in [2.75, 3.05) is 0 Å². The largest absolute Gasteiger partial charge is 0.306 e. The highest BCUT2D eigenvalue weighted by Crippen LogP contribution is 2.41. The topological polar surface area (TPSA) is 12.0 Å². The first-order valence-electron chi connectivity index (χ1n) is 7.42. The second-order valence-corrected chi connectivity index (χ2v) is 5.71.